The average Bonchev–Trinajstić information content (AvgIpc) is 3.12. The number of amides is 1. The van der Waals surface area contributed by atoms with E-state index < -0.39 is 46.8 Å². The van der Waals surface area contributed by atoms with E-state index in [1.807, 2.05) is 18.2 Å². The van der Waals surface area contributed by atoms with E-state index in [1.165, 1.54) is 6.92 Å². The van der Waals surface area contributed by atoms with E-state index in [0.29, 0.717) is 17.7 Å². The number of fused-ring (bicyclic) bond motifs is 1. The molecule has 3 rings (SSSR count). The Morgan fingerprint density at radius 1 is 1.00 bits per heavy atom. The molecular weight excluding hydrogens is 450 g/mol. The van der Waals surface area contributed by atoms with Gasteiger partial charge in [0.1, 0.15) is 0 Å². The van der Waals surface area contributed by atoms with Gasteiger partial charge in [-0.2, -0.15) is 26.3 Å². The average molecular weight is 468 g/mol. The van der Waals surface area contributed by atoms with Gasteiger partial charge in [0.15, 0.2) is 5.78 Å². The van der Waals surface area contributed by atoms with Crippen LogP contribution in [0.3, 0.4) is 0 Å². The van der Waals surface area contributed by atoms with Crippen LogP contribution in [0.4, 0.5) is 26.3 Å². The molecule has 2 aromatic carbocycles. The van der Waals surface area contributed by atoms with Gasteiger partial charge in [0, 0.05) is 30.4 Å². The summed E-state index contributed by atoms with van der Waals surface area (Å²) in [5.74, 6) is -1.19. The van der Waals surface area contributed by atoms with Crippen molar-refractivity contribution in [2.24, 2.45) is 0 Å². The number of halogens is 6. The van der Waals surface area contributed by atoms with Crippen LogP contribution in [-0.2, 0) is 28.4 Å². The van der Waals surface area contributed by atoms with Crippen LogP contribution in [-0.4, -0.2) is 22.7 Å². The van der Waals surface area contributed by atoms with Gasteiger partial charge >= 0.3 is 12.4 Å². The fourth-order valence-electron chi connectivity index (χ4n) is 3.36. The molecule has 1 amide bonds. The maximum Gasteiger partial charge on any atom is 0.416 e. The van der Waals surface area contributed by atoms with Gasteiger partial charge in [-0.3, -0.25) is 9.59 Å². The standard InChI is InChI=1S/C23H18F6N2O2/c1-13(32)31-20(10-15-12-30-19-5-3-2-4-18(15)19)21(33)7-6-14-8-16(22(24,25)26)11-17(9-14)23(27,28)29/h2-9,11-12,20,30H,10H2,1H3,(H,31,32). The van der Waals surface area contributed by atoms with E-state index in [9.17, 15) is 35.9 Å². The second-order valence-corrected chi connectivity index (χ2v) is 7.39. The van der Waals surface area contributed by atoms with Crippen molar-refractivity contribution in [3.63, 3.8) is 0 Å². The third-order valence-electron chi connectivity index (χ3n) is 4.87. The van der Waals surface area contributed by atoms with Gasteiger partial charge in [-0.15, -0.1) is 0 Å². The SMILES string of the molecule is CC(=O)NC(Cc1c[nH]c2ccccc12)C(=O)C=Cc1cc(C(F)(F)F)cc(C(F)(F)F)c1. The number of nitrogens with one attached hydrogen (secondary N) is 2. The van der Waals surface area contributed by atoms with Crippen LogP contribution in [0.2, 0.25) is 0 Å². The minimum absolute atomic E-state index is 0.0102. The van der Waals surface area contributed by atoms with Gasteiger partial charge in [-0.1, -0.05) is 24.3 Å². The van der Waals surface area contributed by atoms with Gasteiger partial charge in [0.05, 0.1) is 17.2 Å². The quantitative estimate of drug-likeness (QED) is 0.369. The van der Waals surface area contributed by atoms with E-state index in [0.717, 1.165) is 23.1 Å². The van der Waals surface area contributed by atoms with E-state index in [-0.39, 0.29) is 12.5 Å². The molecule has 0 fully saturated rings. The number of aromatic nitrogens is 1. The van der Waals surface area contributed by atoms with Crippen molar-refractivity contribution in [1.82, 2.24) is 10.3 Å². The number of carbonyl (C=O) groups excluding carboxylic acids is 2. The summed E-state index contributed by atoms with van der Waals surface area (Å²) in [5, 5.41) is 3.29. The minimum atomic E-state index is -5.00. The number of benzene rings is 2. The van der Waals surface area contributed by atoms with Crippen molar-refractivity contribution in [2.45, 2.75) is 31.7 Å². The molecule has 10 heteroatoms. The second kappa shape index (κ2) is 9.13. The Morgan fingerprint density at radius 3 is 2.18 bits per heavy atom. The molecule has 174 valence electrons. The summed E-state index contributed by atoms with van der Waals surface area (Å²) in [6, 6.07) is 7.22. The lowest BCUT2D eigenvalue weighted by Crippen LogP contribution is -2.40. The molecule has 0 bridgehead atoms. The van der Waals surface area contributed by atoms with Gasteiger partial charge in [0.2, 0.25) is 5.91 Å². The molecule has 1 atom stereocenters. The number of hydrogen-bond acceptors (Lipinski definition) is 2. The van der Waals surface area contributed by atoms with Crippen LogP contribution in [0.5, 0.6) is 0 Å². The number of alkyl halides is 6. The molecule has 0 spiro atoms. The van der Waals surface area contributed by atoms with Crippen molar-refractivity contribution in [3.05, 3.63) is 77.0 Å². The molecule has 1 unspecified atom stereocenters. The summed E-state index contributed by atoms with van der Waals surface area (Å²) in [5.41, 5.74) is -1.90. The molecule has 33 heavy (non-hydrogen) atoms. The summed E-state index contributed by atoms with van der Waals surface area (Å²) in [4.78, 5) is 27.3. The van der Waals surface area contributed by atoms with Crippen molar-refractivity contribution in [3.8, 4) is 0 Å². The Morgan fingerprint density at radius 2 is 1.61 bits per heavy atom. The first kappa shape index (κ1) is 24.1. The molecule has 1 aromatic heterocycles. The molecule has 0 saturated heterocycles. The zero-order valence-corrected chi connectivity index (χ0v) is 17.1. The molecular formula is C23H18F6N2O2. The molecule has 0 aliphatic heterocycles. The van der Waals surface area contributed by atoms with Gasteiger partial charge < -0.3 is 10.3 Å². The van der Waals surface area contributed by atoms with Crippen molar-refractivity contribution < 1.29 is 35.9 Å². The highest BCUT2D eigenvalue weighted by Crippen LogP contribution is 2.36. The van der Waals surface area contributed by atoms with Crippen LogP contribution in [0.25, 0.3) is 17.0 Å². The maximum atomic E-state index is 13.0. The molecule has 0 aliphatic carbocycles. The lowest BCUT2D eigenvalue weighted by molar-refractivity contribution is -0.143. The van der Waals surface area contributed by atoms with E-state index in [2.05, 4.69) is 10.3 Å². The third-order valence-corrected chi connectivity index (χ3v) is 4.87. The smallest absolute Gasteiger partial charge is 0.361 e. The highest BCUT2D eigenvalue weighted by atomic mass is 19.4. The molecule has 4 nitrogen and oxygen atoms in total. The number of hydrogen-bond donors (Lipinski definition) is 2. The van der Waals surface area contributed by atoms with Crippen molar-refractivity contribution >= 4 is 28.7 Å². The number of aromatic amines is 1. The second-order valence-electron chi connectivity index (χ2n) is 7.39. The van der Waals surface area contributed by atoms with E-state index >= 15 is 0 Å². The first-order valence-electron chi connectivity index (χ1n) is 9.68. The highest BCUT2D eigenvalue weighted by molar-refractivity contribution is 6.00. The van der Waals surface area contributed by atoms with E-state index in [1.54, 1.807) is 12.3 Å². The summed E-state index contributed by atoms with van der Waals surface area (Å²) >= 11 is 0. The zero-order valence-electron chi connectivity index (χ0n) is 17.1. The Balaban J connectivity index is 1.90. The van der Waals surface area contributed by atoms with Gasteiger partial charge in [-0.25, -0.2) is 0 Å². The monoisotopic (exact) mass is 468 g/mol. The predicted octanol–water partition coefficient (Wildman–Crippen LogP) is 5.54. The Labute approximate surface area is 184 Å². The number of ketones is 1. The van der Waals surface area contributed by atoms with Crippen molar-refractivity contribution in [2.75, 3.05) is 0 Å². The summed E-state index contributed by atoms with van der Waals surface area (Å²) < 4.78 is 78.2. The van der Waals surface area contributed by atoms with Gasteiger partial charge in [0.25, 0.3) is 0 Å². The van der Waals surface area contributed by atoms with Crippen LogP contribution >= 0.6 is 0 Å². The number of H-pyrrole nitrogens is 1. The predicted molar refractivity (Wildman–Crippen MR) is 110 cm³/mol. The Kier molecular flexibility index (Phi) is 6.66. The van der Waals surface area contributed by atoms with Crippen LogP contribution < -0.4 is 5.32 Å². The number of carbonyl (C=O) groups is 2. The third kappa shape index (κ3) is 6.03. The van der Waals surface area contributed by atoms with Gasteiger partial charge in [-0.05, 0) is 41.5 Å². The van der Waals surface area contributed by atoms with Crippen LogP contribution in [0, 0.1) is 0 Å². The Bertz CT molecular complexity index is 1180. The first-order valence-corrected chi connectivity index (χ1v) is 9.68. The molecule has 0 radical (unpaired) electrons. The minimum Gasteiger partial charge on any atom is -0.361 e. The molecule has 3 aromatic rings. The largest absolute Gasteiger partial charge is 0.416 e. The molecule has 0 aliphatic rings. The normalized spacial score (nSPS) is 13.4. The topological polar surface area (TPSA) is 62.0 Å². The van der Waals surface area contributed by atoms with Crippen molar-refractivity contribution in [1.29, 1.82) is 0 Å². The summed E-state index contributed by atoms with van der Waals surface area (Å²) in [6.07, 6.45) is -6.52. The summed E-state index contributed by atoms with van der Waals surface area (Å²) in [7, 11) is 0. The molecule has 1 heterocycles. The van der Waals surface area contributed by atoms with Crippen LogP contribution in [0.1, 0.15) is 29.2 Å². The van der Waals surface area contributed by atoms with E-state index in [4.69, 9.17) is 0 Å². The molecule has 0 saturated carbocycles. The molecule has 2 N–H and O–H groups in total. The lowest BCUT2D eigenvalue weighted by Gasteiger charge is -2.15. The highest BCUT2D eigenvalue weighted by Gasteiger charge is 2.36. The maximum absolute atomic E-state index is 13.0. The zero-order chi connectivity index (χ0) is 24.4. The van der Waals surface area contributed by atoms with Crippen LogP contribution in [0.15, 0.2) is 54.7 Å². The fourth-order valence-corrected chi connectivity index (χ4v) is 3.36. The summed E-state index contributed by atoms with van der Waals surface area (Å²) in [6.45, 7) is 1.20. The number of para-hydroxylation sites is 1. The Hall–Kier alpha value is -3.56. The lowest BCUT2D eigenvalue weighted by atomic mass is 10.00. The number of rotatable bonds is 6. The fraction of sp³-hybridized carbons (Fsp3) is 0.217. The first-order chi connectivity index (χ1) is 15.3.